The minimum Gasteiger partial charge on any atom is -0.481 e. The second-order valence-electron chi connectivity index (χ2n) is 4.60. The van der Waals surface area contributed by atoms with E-state index in [2.05, 4.69) is 18.7 Å². The topological polar surface area (TPSA) is 40.5 Å². The van der Waals surface area contributed by atoms with E-state index in [0.717, 1.165) is 31.5 Å². The Balaban J connectivity index is 2.76. The second-order valence-corrected chi connectivity index (χ2v) is 4.60. The van der Waals surface area contributed by atoms with Gasteiger partial charge in [-0.05, 0) is 31.5 Å². The maximum absolute atomic E-state index is 11.4. The van der Waals surface area contributed by atoms with E-state index in [-0.39, 0.29) is 0 Å². The summed E-state index contributed by atoms with van der Waals surface area (Å²) < 4.78 is 0. The van der Waals surface area contributed by atoms with Crippen molar-refractivity contribution in [3.05, 3.63) is 35.9 Å². The maximum Gasteiger partial charge on any atom is 0.312 e. The lowest BCUT2D eigenvalue weighted by atomic mass is 9.98. The van der Waals surface area contributed by atoms with Gasteiger partial charge in [-0.2, -0.15) is 0 Å². The van der Waals surface area contributed by atoms with Gasteiger partial charge in [-0.3, -0.25) is 4.79 Å². The molecule has 1 atom stereocenters. The van der Waals surface area contributed by atoms with Crippen LogP contribution in [0.25, 0.3) is 0 Å². The molecular weight excluding hydrogens is 226 g/mol. The van der Waals surface area contributed by atoms with Crippen LogP contribution in [0.2, 0.25) is 0 Å². The van der Waals surface area contributed by atoms with E-state index in [9.17, 15) is 9.90 Å². The first-order valence-electron chi connectivity index (χ1n) is 6.69. The van der Waals surface area contributed by atoms with Crippen LogP contribution in [0.15, 0.2) is 30.3 Å². The maximum atomic E-state index is 11.4. The minimum atomic E-state index is -0.738. The third-order valence-corrected chi connectivity index (χ3v) is 3.02. The van der Waals surface area contributed by atoms with Gasteiger partial charge in [0.05, 0.1) is 5.92 Å². The smallest absolute Gasteiger partial charge is 0.312 e. The Hall–Kier alpha value is -1.35. The highest BCUT2D eigenvalue weighted by Gasteiger charge is 2.22. The summed E-state index contributed by atoms with van der Waals surface area (Å²) in [6, 6.07) is 9.51. The predicted molar refractivity (Wildman–Crippen MR) is 73.8 cm³/mol. The van der Waals surface area contributed by atoms with Gasteiger partial charge in [-0.1, -0.05) is 44.2 Å². The van der Waals surface area contributed by atoms with Crippen LogP contribution >= 0.6 is 0 Å². The number of rotatable bonds is 8. The first kappa shape index (κ1) is 14.7. The monoisotopic (exact) mass is 249 g/mol. The van der Waals surface area contributed by atoms with E-state index in [0.29, 0.717) is 6.54 Å². The van der Waals surface area contributed by atoms with Crippen molar-refractivity contribution >= 4 is 5.97 Å². The number of nitrogens with zero attached hydrogens (tertiary/aromatic N) is 1. The number of hydrogen-bond acceptors (Lipinski definition) is 2. The van der Waals surface area contributed by atoms with Crippen molar-refractivity contribution in [2.24, 2.45) is 0 Å². The quantitative estimate of drug-likeness (QED) is 0.770. The lowest BCUT2D eigenvalue weighted by Gasteiger charge is -2.25. The molecule has 0 fully saturated rings. The van der Waals surface area contributed by atoms with Crippen molar-refractivity contribution in [1.29, 1.82) is 0 Å². The number of benzene rings is 1. The molecule has 1 rings (SSSR count). The Kier molecular flexibility index (Phi) is 6.44. The summed E-state index contributed by atoms with van der Waals surface area (Å²) >= 11 is 0. The summed E-state index contributed by atoms with van der Waals surface area (Å²) in [6.07, 6.45) is 2.11. The molecule has 0 saturated heterocycles. The molecule has 1 unspecified atom stereocenters. The molecule has 0 aromatic heterocycles. The molecule has 0 heterocycles. The molecule has 0 aliphatic carbocycles. The van der Waals surface area contributed by atoms with Gasteiger partial charge < -0.3 is 10.0 Å². The van der Waals surface area contributed by atoms with Crippen LogP contribution in [-0.2, 0) is 4.79 Å². The summed E-state index contributed by atoms with van der Waals surface area (Å²) in [7, 11) is 0. The van der Waals surface area contributed by atoms with Gasteiger partial charge in [0.1, 0.15) is 0 Å². The van der Waals surface area contributed by atoms with Crippen molar-refractivity contribution in [3.63, 3.8) is 0 Å². The Morgan fingerprint density at radius 2 is 1.72 bits per heavy atom. The number of carboxylic acids is 1. The van der Waals surface area contributed by atoms with E-state index in [4.69, 9.17) is 0 Å². The van der Waals surface area contributed by atoms with Crippen LogP contribution in [0.3, 0.4) is 0 Å². The molecule has 0 radical (unpaired) electrons. The fraction of sp³-hybridized carbons (Fsp3) is 0.533. The van der Waals surface area contributed by atoms with Gasteiger partial charge in [0.25, 0.3) is 0 Å². The van der Waals surface area contributed by atoms with Crippen LogP contribution in [0.5, 0.6) is 0 Å². The highest BCUT2D eigenvalue weighted by molar-refractivity contribution is 5.76. The molecule has 0 spiro atoms. The Labute approximate surface area is 109 Å². The standard InChI is InChI=1S/C15H23NO2/c1-3-10-16(11-4-2)12-14(15(17)18)13-8-6-5-7-9-13/h5-9,14H,3-4,10-12H2,1-2H3,(H,17,18). The number of carboxylic acid groups (broad SMARTS) is 1. The minimum absolute atomic E-state index is 0.427. The van der Waals surface area contributed by atoms with Crippen LogP contribution in [0.4, 0.5) is 0 Å². The van der Waals surface area contributed by atoms with E-state index in [1.54, 1.807) is 0 Å². The molecule has 1 aromatic rings. The molecule has 3 heteroatoms. The molecule has 0 aliphatic heterocycles. The van der Waals surface area contributed by atoms with Crippen molar-refractivity contribution in [2.75, 3.05) is 19.6 Å². The van der Waals surface area contributed by atoms with Gasteiger partial charge in [-0.15, -0.1) is 0 Å². The Bertz CT molecular complexity index is 345. The third kappa shape index (κ3) is 4.49. The second kappa shape index (κ2) is 7.88. The van der Waals surface area contributed by atoms with Gasteiger partial charge in [0.15, 0.2) is 0 Å². The molecule has 1 aromatic carbocycles. The van der Waals surface area contributed by atoms with Crippen molar-refractivity contribution in [1.82, 2.24) is 4.90 Å². The highest BCUT2D eigenvalue weighted by atomic mass is 16.4. The van der Waals surface area contributed by atoms with Crippen molar-refractivity contribution in [2.45, 2.75) is 32.6 Å². The Morgan fingerprint density at radius 3 is 2.17 bits per heavy atom. The third-order valence-electron chi connectivity index (χ3n) is 3.02. The molecular formula is C15H23NO2. The molecule has 0 bridgehead atoms. The Morgan fingerprint density at radius 1 is 1.17 bits per heavy atom. The highest BCUT2D eigenvalue weighted by Crippen LogP contribution is 2.17. The molecule has 1 N–H and O–H groups in total. The van der Waals surface area contributed by atoms with Gasteiger partial charge >= 0.3 is 5.97 Å². The zero-order chi connectivity index (χ0) is 13.4. The fourth-order valence-electron chi connectivity index (χ4n) is 2.20. The normalized spacial score (nSPS) is 12.6. The average Bonchev–Trinajstić information content (AvgIpc) is 2.37. The van der Waals surface area contributed by atoms with Crippen molar-refractivity contribution in [3.8, 4) is 0 Å². The van der Waals surface area contributed by atoms with E-state index in [1.165, 1.54) is 0 Å². The van der Waals surface area contributed by atoms with E-state index in [1.807, 2.05) is 30.3 Å². The molecule has 0 saturated carbocycles. The first-order chi connectivity index (χ1) is 8.69. The molecule has 18 heavy (non-hydrogen) atoms. The molecule has 0 amide bonds. The van der Waals surface area contributed by atoms with Gasteiger partial charge in [0, 0.05) is 6.54 Å². The van der Waals surface area contributed by atoms with E-state index >= 15 is 0 Å². The van der Waals surface area contributed by atoms with Gasteiger partial charge in [0.2, 0.25) is 0 Å². The first-order valence-corrected chi connectivity index (χ1v) is 6.69. The SMILES string of the molecule is CCCN(CCC)CC(C(=O)O)c1ccccc1. The zero-order valence-corrected chi connectivity index (χ0v) is 11.3. The number of carbonyl (C=O) groups is 1. The molecule has 100 valence electrons. The summed E-state index contributed by atoms with van der Waals surface area (Å²) in [5, 5.41) is 9.39. The predicted octanol–water partition coefficient (Wildman–Crippen LogP) is 2.98. The van der Waals surface area contributed by atoms with Crippen LogP contribution < -0.4 is 0 Å². The zero-order valence-electron chi connectivity index (χ0n) is 11.3. The number of hydrogen-bond donors (Lipinski definition) is 1. The molecule has 3 nitrogen and oxygen atoms in total. The number of aliphatic carboxylic acids is 1. The lowest BCUT2D eigenvalue weighted by Crippen LogP contribution is -2.33. The summed E-state index contributed by atoms with van der Waals surface area (Å²) in [5.74, 6) is -1.16. The lowest BCUT2D eigenvalue weighted by molar-refractivity contribution is -0.139. The van der Waals surface area contributed by atoms with Crippen molar-refractivity contribution < 1.29 is 9.90 Å². The summed E-state index contributed by atoms with van der Waals surface area (Å²) in [4.78, 5) is 13.7. The van der Waals surface area contributed by atoms with E-state index < -0.39 is 11.9 Å². The fourth-order valence-corrected chi connectivity index (χ4v) is 2.20. The summed E-state index contributed by atoms with van der Waals surface area (Å²) in [5.41, 5.74) is 0.891. The largest absolute Gasteiger partial charge is 0.481 e. The average molecular weight is 249 g/mol. The van der Waals surface area contributed by atoms with Crippen LogP contribution in [0.1, 0.15) is 38.2 Å². The van der Waals surface area contributed by atoms with Crippen LogP contribution in [-0.4, -0.2) is 35.6 Å². The summed E-state index contributed by atoms with van der Waals surface area (Å²) in [6.45, 7) is 6.78. The van der Waals surface area contributed by atoms with Gasteiger partial charge in [-0.25, -0.2) is 0 Å². The van der Waals surface area contributed by atoms with Crippen LogP contribution in [0, 0.1) is 0 Å². The molecule has 0 aliphatic rings.